The molecule has 78 valence electrons. The Morgan fingerprint density at radius 1 is 1.29 bits per heavy atom. The molecule has 0 radical (unpaired) electrons. The lowest BCUT2D eigenvalue weighted by Gasteiger charge is -1.95. The first-order chi connectivity index (χ1) is 6.47. The second-order valence-electron chi connectivity index (χ2n) is 2.31. The summed E-state index contributed by atoms with van der Waals surface area (Å²) in [6.07, 6.45) is 0. The van der Waals surface area contributed by atoms with Crippen molar-refractivity contribution in [2.24, 2.45) is 11.5 Å². The van der Waals surface area contributed by atoms with Gasteiger partial charge in [-0.25, -0.2) is 8.78 Å². The van der Waals surface area contributed by atoms with E-state index in [0.29, 0.717) is 11.3 Å². The van der Waals surface area contributed by atoms with Crippen LogP contribution in [0.1, 0.15) is 5.56 Å². The van der Waals surface area contributed by atoms with E-state index < -0.39 is 11.6 Å². The van der Waals surface area contributed by atoms with Gasteiger partial charge in [-0.1, -0.05) is 6.07 Å². The molecule has 0 saturated carbocycles. The summed E-state index contributed by atoms with van der Waals surface area (Å²) in [6.45, 7) is 0. The highest BCUT2D eigenvalue weighted by Crippen LogP contribution is 2.09. The van der Waals surface area contributed by atoms with Gasteiger partial charge in [0.05, 0.1) is 0 Å². The van der Waals surface area contributed by atoms with Crippen molar-refractivity contribution in [1.82, 2.24) is 0 Å². The van der Waals surface area contributed by atoms with Gasteiger partial charge in [-0.2, -0.15) is 12.6 Å². The van der Waals surface area contributed by atoms with Crippen LogP contribution in [0.4, 0.5) is 8.78 Å². The molecule has 0 saturated heterocycles. The van der Waals surface area contributed by atoms with E-state index in [4.69, 9.17) is 0 Å². The average Bonchev–Trinajstić information content (AvgIpc) is 2.09. The summed E-state index contributed by atoms with van der Waals surface area (Å²) in [5.74, 6) is -1.20. The van der Waals surface area contributed by atoms with E-state index in [9.17, 15) is 8.78 Å². The summed E-state index contributed by atoms with van der Waals surface area (Å²) in [6, 6.07) is 3.74. The molecule has 0 atom stereocenters. The van der Waals surface area contributed by atoms with Crippen LogP contribution in [0, 0.1) is 11.6 Å². The quantitative estimate of drug-likeness (QED) is 0.512. The van der Waals surface area contributed by atoms with Crippen molar-refractivity contribution in [2.75, 3.05) is 0 Å². The van der Waals surface area contributed by atoms with Crippen LogP contribution in [0.3, 0.4) is 0 Å². The van der Waals surface area contributed by atoms with Crippen molar-refractivity contribution in [3.63, 3.8) is 0 Å². The third kappa shape index (κ3) is 5.71. The molecular formula is C8H10F2N2S2. The minimum Gasteiger partial charge on any atom is -0.377 e. The molecule has 2 nitrogen and oxygen atoms in total. The molecular weight excluding hydrogens is 226 g/mol. The standard InChI is InChI=1S/C7H6F2S.CH4N2S/c8-6-2-1-5(4-10)3-7(6)9;2-1(3)4/h1-3,10H,4H2;(H4,2,3,4). The molecule has 0 bridgehead atoms. The first-order valence-corrected chi connectivity index (χ1v) is 4.61. The molecule has 6 heteroatoms. The van der Waals surface area contributed by atoms with Crippen LogP contribution in [-0.4, -0.2) is 5.11 Å². The monoisotopic (exact) mass is 236 g/mol. The Labute approximate surface area is 91.7 Å². The van der Waals surface area contributed by atoms with Crippen LogP contribution in [0.25, 0.3) is 0 Å². The molecule has 0 spiro atoms. The molecule has 4 N–H and O–H groups in total. The van der Waals surface area contributed by atoms with E-state index in [2.05, 4.69) is 36.3 Å². The minimum absolute atomic E-state index is 0.000000000000000222. The second-order valence-corrected chi connectivity index (χ2v) is 3.10. The van der Waals surface area contributed by atoms with Gasteiger partial charge in [0, 0.05) is 5.75 Å². The van der Waals surface area contributed by atoms with Crippen molar-refractivity contribution < 1.29 is 8.78 Å². The highest BCUT2D eigenvalue weighted by molar-refractivity contribution is 7.80. The Balaban J connectivity index is 0.000000364. The van der Waals surface area contributed by atoms with Gasteiger partial charge in [-0.15, -0.1) is 0 Å². The third-order valence-corrected chi connectivity index (χ3v) is 1.53. The van der Waals surface area contributed by atoms with Crippen molar-refractivity contribution in [3.05, 3.63) is 35.4 Å². The molecule has 0 aliphatic rings. The molecule has 1 aromatic carbocycles. The van der Waals surface area contributed by atoms with Crippen LogP contribution >= 0.6 is 24.8 Å². The highest BCUT2D eigenvalue weighted by Gasteiger charge is 1.99. The minimum atomic E-state index is -0.814. The summed E-state index contributed by atoms with van der Waals surface area (Å²) in [4.78, 5) is 0. The average molecular weight is 236 g/mol. The lowest BCUT2D eigenvalue weighted by Crippen LogP contribution is -2.18. The number of thiocarbonyl (C=S) groups is 1. The zero-order chi connectivity index (χ0) is 11.1. The molecule has 0 aromatic heterocycles. The fourth-order valence-corrected chi connectivity index (χ4v) is 0.835. The van der Waals surface area contributed by atoms with E-state index in [-0.39, 0.29) is 5.11 Å². The number of rotatable bonds is 1. The molecule has 0 aliphatic carbocycles. The molecule has 0 heterocycles. The van der Waals surface area contributed by atoms with E-state index in [1.165, 1.54) is 6.07 Å². The predicted molar refractivity (Wildman–Crippen MR) is 60.0 cm³/mol. The molecule has 0 fully saturated rings. The SMILES string of the molecule is Fc1ccc(CS)cc1F.NC(N)=S. The maximum atomic E-state index is 12.4. The summed E-state index contributed by atoms with van der Waals surface area (Å²) in [5.41, 5.74) is 9.92. The largest absolute Gasteiger partial charge is 0.377 e. The summed E-state index contributed by atoms with van der Waals surface area (Å²) in [5, 5.41) is 0.000000000000000222. The number of hydrogen-bond acceptors (Lipinski definition) is 2. The molecule has 0 unspecified atom stereocenters. The van der Waals surface area contributed by atoms with Crippen molar-refractivity contribution in [3.8, 4) is 0 Å². The van der Waals surface area contributed by atoms with Crippen LogP contribution in [0.5, 0.6) is 0 Å². The molecule has 14 heavy (non-hydrogen) atoms. The maximum Gasteiger partial charge on any atom is 0.160 e. The van der Waals surface area contributed by atoms with Gasteiger partial charge in [0.15, 0.2) is 16.7 Å². The second kappa shape index (κ2) is 6.56. The number of nitrogens with two attached hydrogens (primary N) is 2. The van der Waals surface area contributed by atoms with Crippen LogP contribution in [-0.2, 0) is 5.75 Å². The number of thiol groups is 1. The number of hydrogen-bond donors (Lipinski definition) is 3. The van der Waals surface area contributed by atoms with E-state index in [1.807, 2.05) is 0 Å². The van der Waals surface area contributed by atoms with Crippen LogP contribution in [0.2, 0.25) is 0 Å². The summed E-state index contributed by atoms with van der Waals surface area (Å²) >= 11 is 8.00. The van der Waals surface area contributed by atoms with Crippen LogP contribution < -0.4 is 11.5 Å². The van der Waals surface area contributed by atoms with Crippen molar-refractivity contribution >= 4 is 30.0 Å². The van der Waals surface area contributed by atoms with Gasteiger partial charge in [-0.3, -0.25) is 0 Å². The lowest BCUT2D eigenvalue weighted by atomic mass is 10.2. The molecule has 0 amide bonds. The number of benzene rings is 1. The third-order valence-electron chi connectivity index (χ3n) is 1.17. The predicted octanol–water partition coefficient (Wildman–Crippen LogP) is 1.58. The van der Waals surface area contributed by atoms with Gasteiger partial charge in [0.1, 0.15) is 0 Å². The Kier molecular flexibility index (Phi) is 6.14. The Bertz CT molecular complexity index is 314. The molecule has 0 aliphatic heterocycles. The van der Waals surface area contributed by atoms with E-state index in [0.717, 1.165) is 12.1 Å². The Hall–Kier alpha value is -0.880. The van der Waals surface area contributed by atoms with Gasteiger partial charge in [0.25, 0.3) is 0 Å². The fourth-order valence-electron chi connectivity index (χ4n) is 0.638. The zero-order valence-electron chi connectivity index (χ0n) is 7.21. The Morgan fingerprint density at radius 3 is 2.14 bits per heavy atom. The van der Waals surface area contributed by atoms with Crippen molar-refractivity contribution in [2.45, 2.75) is 5.75 Å². The van der Waals surface area contributed by atoms with Gasteiger partial charge < -0.3 is 11.5 Å². The van der Waals surface area contributed by atoms with Crippen molar-refractivity contribution in [1.29, 1.82) is 0 Å². The normalized spacial score (nSPS) is 8.79. The van der Waals surface area contributed by atoms with E-state index in [1.54, 1.807) is 0 Å². The first kappa shape index (κ1) is 13.1. The Morgan fingerprint density at radius 2 is 1.79 bits per heavy atom. The lowest BCUT2D eigenvalue weighted by molar-refractivity contribution is 0.507. The van der Waals surface area contributed by atoms with Gasteiger partial charge in [-0.05, 0) is 29.9 Å². The topological polar surface area (TPSA) is 52.0 Å². The summed E-state index contributed by atoms with van der Waals surface area (Å²) < 4.78 is 24.6. The summed E-state index contributed by atoms with van der Waals surface area (Å²) in [7, 11) is 0. The zero-order valence-corrected chi connectivity index (χ0v) is 8.92. The van der Waals surface area contributed by atoms with E-state index >= 15 is 0 Å². The molecule has 1 rings (SSSR count). The molecule has 1 aromatic rings. The van der Waals surface area contributed by atoms with Gasteiger partial charge in [0.2, 0.25) is 0 Å². The van der Waals surface area contributed by atoms with Gasteiger partial charge >= 0.3 is 0 Å². The smallest absolute Gasteiger partial charge is 0.160 e. The highest BCUT2D eigenvalue weighted by atomic mass is 32.1. The van der Waals surface area contributed by atoms with Crippen LogP contribution in [0.15, 0.2) is 18.2 Å². The first-order valence-electron chi connectivity index (χ1n) is 3.57. The fraction of sp³-hybridized carbons (Fsp3) is 0.125. The maximum absolute atomic E-state index is 12.4. The number of halogens is 2.